The lowest BCUT2D eigenvalue weighted by molar-refractivity contribution is -0.139. The van der Waals surface area contributed by atoms with Gasteiger partial charge < -0.3 is 25.2 Å². The van der Waals surface area contributed by atoms with Crippen molar-refractivity contribution in [1.29, 1.82) is 0 Å². The quantitative estimate of drug-likeness (QED) is 0.477. The molecule has 0 bridgehead atoms. The van der Waals surface area contributed by atoms with E-state index < -0.39 is 11.8 Å². The Balaban J connectivity index is 2.04. The number of amides is 2. The van der Waals surface area contributed by atoms with E-state index in [1.807, 2.05) is 14.1 Å². The minimum absolute atomic E-state index is 0.0284. The SMILES string of the molecule is COCCNC(=O)C(=O)NC[C@H](c1ccc(N(C)C)cc1)N1CCN(C)CC1. The monoisotopic (exact) mass is 391 g/mol. The summed E-state index contributed by atoms with van der Waals surface area (Å²) in [5.41, 5.74) is 2.26. The first kappa shape index (κ1) is 22.1. The van der Waals surface area contributed by atoms with E-state index in [0.29, 0.717) is 19.7 Å². The van der Waals surface area contributed by atoms with Gasteiger partial charge in [-0.1, -0.05) is 12.1 Å². The summed E-state index contributed by atoms with van der Waals surface area (Å²) in [5.74, 6) is -1.24. The first-order valence-corrected chi connectivity index (χ1v) is 9.67. The van der Waals surface area contributed by atoms with Crippen LogP contribution < -0.4 is 15.5 Å². The van der Waals surface area contributed by atoms with Crippen LogP contribution in [0.15, 0.2) is 24.3 Å². The number of ether oxygens (including phenoxy) is 1. The minimum Gasteiger partial charge on any atom is -0.383 e. The Morgan fingerprint density at radius 1 is 1.07 bits per heavy atom. The molecule has 2 amide bonds. The number of anilines is 1. The van der Waals surface area contributed by atoms with Crippen LogP contribution >= 0.6 is 0 Å². The van der Waals surface area contributed by atoms with Gasteiger partial charge in [0, 0.05) is 66.2 Å². The lowest BCUT2D eigenvalue weighted by atomic mass is 10.0. The molecular weight excluding hydrogens is 358 g/mol. The van der Waals surface area contributed by atoms with Crippen LogP contribution in [0, 0.1) is 0 Å². The Morgan fingerprint density at radius 2 is 1.68 bits per heavy atom. The molecule has 8 heteroatoms. The second kappa shape index (κ2) is 11.0. The zero-order valence-electron chi connectivity index (χ0n) is 17.4. The smallest absolute Gasteiger partial charge is 0.309 e. The number of likely N-dealkylation sites (N-methyl/N-ethyl adjacent to an activating group) is 1. The molecule has 0 aliphatic carbocycles. The van der Waals surface area contributed by atoms with E-state index in [1.165, 1.54) is 0 Å². The molecule has 28 heavy (non-hydrogen) atoms. The number of carbonyl (C=O) groups is 2. The molecule has 1 aliphatic heterocycles. The van der Waals surface area contributed by atoms with Crippen molar-refractivity contribution in [3.05, 3.63) is 29.8 Å². The summed E-state index contributed by atoms with van der Waals surface area (Å²) >= 11 is 0. The number of hydrogen-bond donors (Lipinski definition) is 2. The van der Waals surface area contributed by atoms with E-state index in [4.69, 9.17) is 4.74 Å². The van der Waals surface area contributed by atoms with E-state index in [2.05, 4.69) is 56.6 Å². The Kier molecular flexibility index (Phi) is 8.69. The molecule has 1 saturated heterocycles. The summed E-state index contributed by atoms with van der Waals surface area (Å²) in [5, 5.41) is 5.35. The van der Waals surface area contributed by atoms with Crippen molar-refractivity contribution in [2.24, 2.45) is 0 Å². The van der Waals surface area contributed by atoms with E-state index >= 15 is 0 Å². The van der Waals surface area contributed by atoms with Gasteiger partial charge >= 0.3 is 11.8 Å². The van der Waals surface area contributed by atoms with Crippen molar-refractivity contribution >= 4 is 17.5 Å². The highest BCUT2D eigenvalue weighted by Crippen LogP contribution is 2.24. The molecule has 1 heterocycles. The molecule has 1 aliphatic rings. The second-order valence-corrected chi connectivity index (χ2v) is 7.30. The predicted molar refractivity (Wildman–Crippen MR) is 110 cm³/mol. The standard InChI is InChI=1S/C20H33N5O3/c1-23(2)17-7-5-16(6-8-17)18(25-12-10-24(3)11-13-25)15-22-20(27)19(26)21-9-14-28-4/h5-8,18H,9-15H2,1-4H3,(H,21,26)(H,22,27)/t18-/m1/s1. The fraction of sp³-hybridized carbons (Fsp3) is 0.600. The molecule has 156 valence electrons. The highest BCUT2D eigenvalue weighted by atomic mass is 16.5. The van der Waals surface area contributed by atoms with Crippen molar-refractivity contribution in [2.45, 2.75) is 6.04 Å². The summed E-state index contributed by atoms with van der Waals surface area (Å²) in [6.45, 7) is 4.90. The molecule has 0 radical (unpaired) electrons. The second-order valence-electron chi connectivity index (χ2n) is 7.30. The Labute approximate surface area is 167 Å². The van der Waals surface area contributed by atoms with Gasteiger partial charge in [-0.2, -0.15) is 0 Å². The molecule has 1 atom stereocenters. The third-order valence-corrected chi connectivity index (χ3v) is 5.03. The number of nitrogens with zero attached hydrogens (tertiary/aromatic N) is 3. The number of methoxy groups -OCH3 is 1. The minimum atomic E-state index is -0.628. The zero-order chi connectivity index (χ0) is 20.5. The number of nitrogens with one attached hydrogen (secondary N) is 2. The van der Waals surface area contributed by atoms with Crippen molar-refractivity contribution < 1.29 is 14.3 Å². The van der Waals surface area contributed by atoms with E-state index in [1.54, 1.807) is 7.11 Å². The van der Waals surface area contributed by atoms with E-state index in [0.717, 1.165) is 37.4 Å². The van der Waals surface area contributed by atoms with Crippen molar-refractivity contribution in [3.8, 4) is 0 Å². The molecular formula is C20H33N5O3. The summed E-state index contributed by atoms with van der Waals surface area (Å²) in [7, 11) is 7.68. The highest BCUT2D eigenvalue weighted by Gasteiger charge is 2.25. The van der Waals surface area contributed by atoms with Gasteiger partial charge in [0.25, 0.3) is 0 Å². The first-order valence-electron chi connectivity index (χ1n) is 9.67. The fourth-order valence-electron chi connectivity index (χ4n) is 3.20. The van der Waals surface area contributed by atoms with Crippen LogP contribution in [0.4, 0.5) is 5.69 Å². The van der Waals surface area contributed by atoms with Crippen LogP contribution in [0.5, 0.6) is 0 Å². The number of piperazine rings is 1. The maximum absolute atomic E-state index is 12.2. The Bertz CT molecular complexity index is 627. The summed E-state index contributed by atoms with van der Waals surface area (Å²) < 4.78 is 4.88. The van der Waals surface area contributed by atoms with Crippen molar-refractivity contribution in [1.82, 2.24) is 20.4 Å². The van der Waals surface area contributed by atoms with Gasteiger partial charge in [0.05, 0.1) is 12.6 Å². The van der Waals surface area contributed by atoms with Crippen LogP contribution in [0.1, 0.15) is 11.6 Å². The molecule has 0 spiro atoms. The predicted octanol–water partition coefficient (Wildman–Crippen LogP) is -0.0801. The number of benzene rings is 1. The molecule has 1 fully saturated rings. The van der Waals surface area contributed by atoms with Gasteiger partial charge in [0.15, 0.2) is 0 Å². The summed E-state index contributed by atoms with van der Waals surface area (Å²) in [6, 6.07) is 8.39. The van der Waals surface area contributed by atoms with Crippen LogP contribution in [0.3, 0.4) is 0 Å². The largest absolute Gasteiger partial charge is 0.383 e. The topological polar surface area (TPSA) is 77.1 Å². The molecule has 0 unspecified atom stereocenters. The fourth-order valence-corrected chi connectivity index (χ4v) is 3.20. The normalized spacial score (nSPS) is 16.4. The van der Waals surface area contributed by atoms with E-state index in [9.17, 15) is 9.59 Å². The number of carbonyl (C=O) groups excluding carboxylic acids is 2. The van der Waals surface area contributed by atoms with Crippen LogP contribution in [0.2, 0.25) is 0 Å². The van der Waals surface area contributed by atoms with Crippen LogP contribution in [0.25, 0.3) is 0 Å². The summed E-state index contributed by atoms with van der Waals surface area (Å²) in [6.07, 6.45) is 0. The van der Waals surface area contributed by atoms with Gasteiger partial charge in [-0.3, -0.25) is 14.5 Å². The molecule has 1 aromatic carbocycles. The van der Waals surface area contributed by atoms with Crippen molar-refractivity contribution in [2.75, 3.05) is 79.0 Å². The lowest BCUT2D eigenvalue weighted by Crippen LogP contribution is -2.50. The molecule has 0 aromatic heterocycles. The number of hydrogen-bond acceptors (Lipinski definition) is 6. The Morgan fingerprint density at radius 3 is 2.25 bits per heavy atom. The molecule has 0 saturated carbocycles. The molecule has 2 rings (SSSR count). The first-order chi connectivity index (χ1) is 13.4. The van der Waals surface area contributed by atoms with Gasteiger partial charge in [-0.15, -0.1) is 0 Å². The average molecular weight is 392 g/mol. The molecule has 2 N–H and O–H groups in total. The van der Waals surface area contributed by atoms with Crippen molar-refractivity contribution in [3.63, 3.8) is 0 Å². The Hall–Kier alpha value is -2.16. The van der Waals surface area contributed by atoms with Gasteiger partial charge in [-0.25, -0.2) is 0 Å². The van der Waals surface area contributed by atoms with Gasteiger partial charge in [-0.05, 0) is 24.7 Å². The van der Waals surface area contributed by atoms with Gasteiger partial charge in [0.2, 0.25) is 0 Å². The zero-order valence-corrected chi connectivity index (χ0v) is 17.4. The maximum atomic E-state index is 12.2. The molecule has 8 nitrogen and oxygen atoms in total. The highest BCUT2D eigenvalue weighted by molar-refractivity contribution is 6.35. The third-order valence-electron chi connectivity index (χ3n) is 5.03. The third kappa shape index (κ3) is 6.47. The summed E-state index contributed by atoms with van der Waals surface area (Å²) in [4.78, 5) is 30.8. The van der Waals surface area contributed by atoms with Gasteiger partial charge in [0.1, 0.15) is 0 Å². The van der Waals surface area contributed by atoms with E-state index in [-0.39, 0.29) is 6.04 Å². The molecule has 1 aromatic rings. The average Bonchev–Trinajstić information content (AvgIpc) is 2.69. The number of rotatable bonds is 8. The van der Waals surface area contributed by atoms with Crippen LogP contribution in [-0.2, 0) is 14.3 Å². The maximum Gasteiger partial charge on any atom is 0.309 e. The van der Waals surface area contributed by atoms with Crippen LogP contribution in [-0.4, -0.2) is 95.7 Å². The lowest BCUT2D eigenvalue weighted by Gasteiger charge is -2.38.